The first kappa shape index (κ1) is 29.5. The number of allylic oxidation sites excluding steroid dienone is 4. The molecule has 1 aliphatic carbocycles. The number of rotatable bonds is 8. The highest BCUT2D eigenvalue weighted by Crippen LogP contribution is 2.51. The van der Waals surface area contributed by atoms with E-state index in [9.17, 15) is 23.1 Å². The van der Waals surface area contributed by atoms with E-state index in [1.807, 2.05) is 27.7 Å². The molecule has 0 bridgehead atoms. The van der Waals surface area contributed by atoms with Crippen molar-refractivity contribution in [1.82, 2.24) is 9.62 Å². The second-order valence-electron chi connectivity index (χ2n) is 11.1. The molecule has 11 nitrogen and oxygen atoms in total. The van der Waals surface area contributed by atoms with Crippen molar-refractivity contribution in [1.29, 1.82) is 5.41 Å². The fourth-order valence-corrected chi connectivity index (χ4v) is 6.79. The van der Waals surface area contributed by atoms with Crippen molar-refractivity contribution in [2.24, 2.45) is 17.6 Å². The van der Waals surface area contributed by atoms with Gasteiger partial charge in [0.05, 0.1) is 4.91 Å². The number of carbonyl (C=O) groups is 2. The Morgan fingerprint density at radius 2 is 1.89 bits per heavy atom. The summed E-state index contributed by atoms with van der Waals surface area (Å²) in [5, 5.41) is 19.7. The maximum absolute atomic E-state index is 13.8. The average molecular weight is 529 g/mol. The molecule has 2 rings (SSSR count). The molecule has 1 aliphatic heterocycles. The number of carbonyl (C=O) groups excluding carboxylic acids is 1. The molecule has 204 valence electrons. The van der Waals surface area contributed by atoms with Crippen LogP contribution in [-0.2, 0) is 24.3 Å². The van der Waals surface area contributed by atoms with Gasteiger partial charge in [0, 0.05) is 18.4 Å². The molecule has 1 heterocycles. The van der Waals surface area contributed by atoms with Gasteiger partial charge in [-0.2, -0.15) is 0 Å². The van der Waals surface area contributed by atoms with Crippen LogP contribution in [0.3, 0.4) is 0 Å². The molecule has 1 fully saturated rings. The number of fused-ring (bicyclic) bond motifs is 1. The Bertz CT molecular complexity index is 1090. The summed E-state index contributed by atoms with van der Waals surface area (Å²) in [5.41, 5.74) is 5.80. The van der Waals surface area contributed by atoms with E-state index in [4.69, 9.17) is 20.6 Å². The third kappa shape index (κ3) is 6.51. The van der Waals surface area contributed by atoms with E-state index < -0.39 is 51.2 Å². The van der Waals surface area contributed by atoms with E-state index in [-0.39, 0.29) is 30.2 Å². The minimum Gasteiger partial charge on any atom is -0.492 e. The summed E-state index contributed by atoms with van der Waals surface area (Å²) >= 11 is 0. The molecular weight excluding hydrogens is 488 g/mol. The van der Waals surface area contributed by atoms with E-state index in [1.165, 1.54) is 0 Å². The van der Waals surface area contributed by atoms with E-state index in [1.54, 1.807) is 27.7 Å². The highest BCUT2D eigenvalue weighted by Gasteiger charge is 2.48. The molecule has 0 radical (unpaired) electrons. The Kier molecular flexibility index (Phi) is 8.44. The zero-order valence-electron chi connectivity index (χ0n) is 22.4. The van der Waals surface area contributed by atoms with Crippen molar-refractivity contribution in [3.05, 3.63) is 21.8 Å². The standard InChI is InChI=1S/C24H40N4O7S/c1-13-14(2)19(15(3)16-12-24(7,8)34-18(13)16)36(32,33)28(21(25)26)11-9-10-17(20(29)30)27-22(31)35-23(4,5)6/h15-17H,9-12H2,1-8H3,(H3,25,26)(H,27,31)(H,29,30)/t15?,16?,17-/m0/s1. The third-order valence-electron chi connectivity index (χ3n) is 6.43. The average Bonchev–Trinajstić information content (AvgIpc) is 3.02. The van der Waals surface area contributed by atoms with Crippen molar-refractivity contribution in [2.75, 3.05) is 6.54 Å². The fraction of sp³-hybridized carbons (Fsp3) is 0.708. The quantitative estimate of drug-likeness (QED) is 0.274. The lowest BCUT2D eigenvalue weighted by Gasteiger charge is -2.33. The van der Waals surface area contributed by atoms with Crippen LogP contribution in [0.2, 0.25) is 0 Å². The number of aliphatic carboxylic acids is 1. The van der Waals surface area contributed by atoms with Gasteiger partial charge in [0.1, 0.15) is 23.0 Å². The molecule has 5 N–H and O–H groups in total. The van der Waals surface area contributed by atoms with Gasteiger partial charge >= 0.3 is 12.1 Å². The van der Waals surface area contributed by atoms with Crippen molar-refractivity contribution in [3.63, 3.8) is 0 Å². The molecule has 1 saturated heterocycles. The van der Waals surface area contributed by atoms with Crippen LogP contribution in [0.5, 0.6) is 0 Å². The fourth-order valence-electron chi connectivity index (χ4n) is 4.75. The lowest BCUT2D eigenvalue weighted by Crippen LogP contribution is -2.46. The Morgan fingerprint density at radius 1 is 1.31 bits per heavy atom. The summed E-state index contributed by atoms with van der Waals surface area (Å²) in [6.07, 6.45) is -0.284. The van der Waals surface area contributed by atoms with E-state index in [0.717, 1.165) is 15.6 Å². The van der Waals surface area contributed by atoms with Gasteiger partial charge in [-0.25, -0.2) is 22.3 Å². The maximum atomic E-state index is 13.8. The van der Waals surface area contributed by atoms with Crippen LogP contribution < -0.4 is 11.1 Å². The Morgan fingerprint density at radius 3 is 2.39 bits per heavy atom. The topological polar surface area (TPSA) is 172 Å². The number of nitrogens with one attached hydrogen (secondary N) is 2. The van der Waals surface area contributed by atoms with Crippen molar-refractivity contribution in [3.8, 4) is 0 Å². The highest BCUT2D eigenvalue weighted by molar-refractivity contribution is 7.93. The van der Waals surface area contributed by atoms with Crippen LogP contribution in [-0.4, -0.2) is 59.6 Å². The van der Waals surface area contributed by atoms with Gasteiger partial charge in [0.25, 0.3) is 10.0 Å². The predicted molar refractivity (Wildman–Crippen MR) is 135 cm³/mol. The summed E-state index contributed by atoms with van der Waals surface area (Å²) in [5.74, 6) is -1.65. The third-order valence-corrected chi connectivity index (χ3v) is 8.63. The Labute approximate surface area is 213 Å². The number of carboxylic acids is 1. The molecule has 0 aromatic rings. The highest BCUT2D eigenvalue weighted by atomic mass is 32.2. The van der Waals surface area contributed by atoms with Gasteiger partial charge in [-0.05, 0) is 78.9 Å². The van der Waals surface area contributed by atoms with E-state index in [2.05, 4.69) is 5.32 Å². The predicted octanol–water partition coefficient (Wildman–Crippen LogP) is 3.28. The lowest BCUT2D eigenvalue weighted by atomic mass is 9.79. The van der Waals surface area contributed by atoms with Crippen LogP contribution in [0.25, 0.3) is 0 Å². The first-order valence-corrected chi connectivity index (χ1v) is 13.4. The van der Waals surface area contributed by atoms with Crippen LogP contribution in [0, 0.1) is 17.2 Å². The molecule has 0 aromatic carbocycles. The summed E-state index contributed by atoms with van der Waals surface area (Å²) in [6.45, 7) is 14.1. The zero-order chi connectivity index (χ0) is 27.8. The molecule has 0 saturated carbocycles. The van der Waals surface area contributed by atoms with Gasteiger partial charge in [0.2, 0.25) is 5.96 Å². The number of alkyl carbamates (subject to hydrolysis) is 1. The molecule has 1 amide bonds. The molecule has 0 aromatic heterocycles. The Hall–Kier alpha value is -2.76. The van der Waals surface area contributed by atoms with Crippen molar-refractivity contribution >= 4 is 28.0 Å². The van der Waals surface area contributed by atoms with E-state index >= 15 is 0 Å². The van der Waals surface area contributed by atoms with Crippen LogP contribution in [0.1, 0.15) is 74.7 Å². The SMILES string of the molecule is CC1=C2OC(C)(C)CC2C(C)C(S(=O)(=O)N(CCC[C@H](NC(=O)OC(C)(C)C)C(=O)O)C(=N)N)=C1C. The zero-order valence-corrected chi connectivity index (χ0v) is 23.2. The number of hydrogen-bond acceptors (Lipinski definition) is 7. The number of nitrogens with two attached hydrogens (primary N) is 1. The van der Waals surface area contributed by atoms with Crippen molar-refractivity contribution in [2.45, 2.75) is 91.9 Å². The largest absolute Gasteiger partial charge is 0.492 e. The van der Waals surface area contributed by atoms with E-state index in [0.29, 0.717) is 12.0 Å². The van der Waals surface area contributed by atoms with Gasteiger partial charge in [0.15, 0.2) is 0 Å². The summed E-state index contributed by atoms with van der Waals surface area (Å²) in [7, 11) is -4.18. The molecule has 0 spiro atoms. The minimum atomic E-state index is -4.18. The number of guanidine groups is 1. The molecule has 3 atom stereocenters. The van der Waals surface area contributed by atoms with Gasteiger partial charge < -0.3 is 25.6 Å². The lowest BCUT2D eigenvalue weighted by molar-refractivity contribution is -0.139. The molecule has 2 aliphatic rings. The second kappa shape index (κ2) is 10.3. The first-order valence-electron chi connectivity index (χ1n) is 12.0. The number of amides is 1. The number of nitrogens with zero attached hydrogens (tertiary/aromatic N) is 1. The number of sulfonamides is 1. The first-order chi connectivity index (χ1) is 16.3. The molecule has 36 heavy (non-hydrogen) atoms. The molecular formula is C24H40N4O7S. The van der Waals surface area contributed by atoms with Gasteiger partial charge in [-0.15, -0.1) is 0 Å². The second-order valence-corrected chi connectivity index (χ2v) is 12.9. The smallest absolute Gasteiger partial charge is 0.408 e. The van der Waals surface area contributed by atoms with Crippen LogP contribution >= 0.6 is 0 Å². The van der Waals surface area contributed by atoms with Crippen LogP contribution in [0.15, 0.2) is 21.8 Å². The minimum absolute atomic E-state index is 0.0337. The molecule has 2 unspecified atom stereocenters. The Balaban J connectivity index is 2.23. The summed E-state index contributed by atoms with van der Waals surface area (Å²) in [6, 6.07) is -1.29. The van der Waals surface area contributed by atoms with Gasteiger partial charge in [-0.1, -0.05) is 6.92 Å². The van der Waals surface area contributed by atoms with Crippen molar-refractivity contribution < 1.29 is 32.6 Å². The molecule has 12 heteroatoms. The maximum Gasteiger partial charge on any atom is 0.408 e. The van der Waals surface area contributed by atoms with Gasteiger partial charge in [-0.3, -0.25) is 5.41 Å². The normalized spacial score (nSPS) is 22.4. The summed E-state index contributed by atoms with van der Waals surface area (Å²) in [4.78, 5) is 23.8. The number of ether oxygens (including phenoxy) is 2. The van der Waals surface area contributed by atoms with Crippen LogP contribution in [0.4, 0.5) is 4.79 Å². The summed E-state index contributed by atoms with van der Waals surface area (Å²) < 4.78 is 39.6. The monoisotopic (exact) mass is 528 g/mol. The number of carboxylic acid groups (broad SMARTS) is 1. The number of hydrogen-bond donors (Lipinski definition) is 4.